The largest absolute Gasteiger partial charge is 0.309 e. The monoisotopic (exact) mass is 817 g/mol. The van der Waals surface area contributed by atoms with Gasteiger partial charge in [0.25, 0.3) is 0 Å². The second-order valence-corrected chi connectivity index (χ2v) is 17.8. The van der Waals surface area contributed by atoms with Crippen molar-refractivity contribution in [1.82, 2.24) is 0 Å². The predicted molar refractivity (Wildman–Crippen MR) is 267 cm³/mol. The van der Waals surface area contributed by atoms with E-state index in [1.807, 2.05) is 11.3 Å². The summed E-state index contributed by atoms with van der Waals surface area (Å²) in [5.41, 5.74) is 20.7. The Labute approximate surface area is 371 Å². The summed E-state index contributed by atoms with van der Waals surface area (Å²) in [5.74, 6) is 0. The topological polar surface area (TPSA) is 3.24 Å². The molecule has 294 valence electrons. The third-order valence-electron chi connectivity index (χ3n) is 13.5. The maximum Gasteiger partial charge on any atom is 0.0726 e. The van der Waals surface area contributed by atoms with Crippen molar-refractivity contribution in [3.8, 4) is 55.6 Å². The highest BCUT2D eigenvalue weighted by atomic mass is 32.1. The number of anilines is 3. The number of hydrogen-bond donors (Lipinski definition) is 0. The Morgan fingerprint density at radius 1 is 0.302 bits per heavy atom. The van der Waals surface area contributed by atoms with E-state index in [1.54, 1.807) is 0 Å². The van der Waals surface area contributed by atoms with Crippen LogP contribution in [0, 0.1) is 0 Å². The summed E-state index contributed by atoms with van der Waals surface area (Å²) in [6.07, 6.45) is 0. The number of benzene rings is 10. The first-order chi connectivity index (χ1) is 31.3. The summed E-state index contributed by atoms with van der Waals surface area (Å²) in [7, 11) is 0. The maximum absolute atomic E-state index is 2.56. The summed E-state index contributed by atoms with van der Waals surface area (Å²) in [6.45, 7) is 0. The van der Waals surface area contributed by atoms with Gasteiger partial charge in [0.2, 0.25) is 0 Å². The van der Waals surface area contributed by atoms with E-state index in [0.29, 0.717) is 0 Å². The van der Waals surface area contributed by atoms with Crippen LogP contribution in [0.4, 0.5) is 17.1 Å². The van der Waals surface area contributed by atoms with Gasteiger partial charge in [-0.05, 0) is 97.1 Å². The van der Waals surface area contributed by atoms with Gasteiger partial charge in [-0.25, -0.2) is 0 Å². The summed E-state index contributed by atoms with van der Waals surface area (Å²) in [4.78, 5) is 2.56. The predicted octanol–water partition coefficient (Wildman–Crippen LogP) is 16.9. The van der Waals surface area contributed by atoms with Crippen molar-refractivity contribution in [2.75, 3.05) is 4.90 Å². The van der Waals surface area contributed by atoms with Crippen LogP contribution in [0.25, 0.3) is 75.8 Å². The molecule has 11 aromatic rings. The summed E-state index contributed by atoms with van der Waals surface area (Å²) in [5, 5.41) is 2.59. The lowest BCUT2D eigenvalue weighted by atomic mass is 9.70. The molecule has 0 aliphatic heterocycles. The van der Waals surface area contributed by atoms with Gasteiger partial charge in [0.05, 0.1) is 16.8 Å². The molecule has 2 aliphatic carbocycles. The number of thiophene rings is 1. The summed E-state index contributed by atoms with van der Waals surface area (Å²) < 4.78 is 2.58. The van der Waals surface area contributed by atoms with E-state index in [2.05, 4.69) is 241 Å². The van der Waals surface area contributed by atoms with E-state index in [0.717, 1.165) is 17.1 Å². The smallest absolute Gasteiger partial charge is 0.0726 e. The molecule has 0 atom stereocenters. The van der Waals surface area contributed by atoms with Crippen LogP contribution >= 0.6 is 11.3 Å². The van der Waals surface area contributed by atoms with Gasteiger partial charge in [0, 0.05) is 37.0 Å². The molecule has 0 bridgehead atoms. The molecule has 0 fully saturated rings. The lowest BCUT2D eigenvalue weighted by molar-refractivity contribution is 0.794. The van der Waals surface area contributed by atoms with Crippen molar-refractivity contribution in [1.29, 1.82) is 0 Å². The number of rotatable bonds is 6. The Balaban J connectivity index is 1.10. The third kappa shape index (κ3) is 5.22. The molecule has 0 saturated carbocycles. The number of hydrogen-bond acceptors (Lipinski definition) is 2. The van der Waals surface area contributed by atoms with Crippen LogP contribution in [0.1, 0.15) is 22.3 Å². The Hall–Kier alpha value is -7.78. The highest BCUT2D eigenvalue weighted by Gasteiger charge is 2.52. The fraction of sp³-hybridized carbons (Fsp3) is 0.0164. The van der Waals surface area contributed by atoms with Gasteiger partial charge in [0.15, 0.2) is 0 Å². The van der Waals surface area contributed by atoms with Gasteiger partial charge >= 0.3 is 0 Å². The molecule has 0 saturated heterocycles. The van der Waals surface area contributed by atoms with E-state index >= 15 is 0 Å². The molecule has 1 heterocycles. The molecule has 0 N–H and O–H groups in total. The molecule has 1 spiro atoms. The van der Waals surface area contributed by atoms with Gasteiger partial charge in [-0.2, -0.15) is 0 Å². The molecule has 1 nitrogen and oxygen atoms in total. The van der Waals surface area contributed by atoms with E-state index < -0.39 is 5.41 Å². The standard InChI is InChI=1S/C61H39NS/c1-2-19-40(20-3-1)42-21-4-5-22-43(42)44-23-6-7-24-45(44)48-27-11-16-34-56(48)62(41-37-38-50-49-28-12-17-36-58(49)63-59(50)39-41)57-35-18-33-55-60(57)51-29-10-15-32-54(51)61(55)52-30-13-8-25-46(52)47-26-9-14-31-53(47)61/h1-39H. The van der Waals surface area contributed by atoms with Crippen LogP contribution < -0.4 is 4.90 Å². The van der Waals surface area contributed by atoms with E-state index in [-0.39, 0.29) is 0 Å². The van der Waals surface area contributed by atoms with Crippen LogP contribution in [0.15, 0.2) is 237 Å². The lowest BCUT2D eigenvalue weighted by Crippen LogP contribution is -2.26. The minimum Gasteiger partial charge on any atom is -0.309 e. The minimum atomic E-state index is -0.455. The zero-order valence-electron chi connectivity index (χ0n) is 34.4. The average molecular weight is 818 g/mol. The second-order valence-electron chi connectivity index (χ2n) is 16.7. The quantitative estimate of drug-likeness (QED) is 0.162. The normalized spacial score (nSPS) is 12.9. The van der Waals surface area contributed by atoms with Crippen molar-refractivity contribution in [3.05, 3.63) is 259 Å². The highest BCUT2D eigenvalue weighted by molar-refractivity contribution is 7.25. The summed E-state index contributed by atoms with van der Waals surface area (Å²) >= 11 is 1.87. The SMILES string of the molecule is c1ccc(-c2ccccc2-c2ccccc2-c2ccccc2N(c2ccc3c(c2)sc2ccccc23)c2cccc3c2-c2ccccc2C32c3ccccc3-c3ccccc32)cc1. The fourth-order valence-electron chi connectivity index (χ4n) is 11.0. The van der Waals surface area contributed by atoms with Gasteiger partial charge in [-0.1, -0.05) is 206 Å². The van der Waals surface area contributed by atoms with Crippen molar-refractivity contribution >= 4 is 48.6 Å². The van der Waals surface area contributed by atoms with Gasteiger partial charge in [-0.15, -0.1) is 11.3 Å². The molecule has 1 aromatic heterocycles. The number of fused-ring (bicyclic) bond motifs is 13. The molecular weight excluding hydrogens is 779 g/mol. The molecule has 0 radical (unpaired) electrons. The van der Waals surface area contributed by atoms with Gasteiger partial charge < -0.3 is 4.90 Å². The van der Waals surface area contributed by atoms with Gasteiger partial charge in [-0.3, -0.25) is 0 Å². The first-order valence-corrected chi connectivity index (χ1v) is 22.6. The Bertz CT molecular complexity index is 3550. The van der Waals surface area contributed by atoms with Crippen LogP contribution in [-0.2, 0) is 5.41 Å². The second kappa shape index (κ2) is 14.1. The van der Waals surface area contributed by atoms with Crippen molar-refractivity contribution < 1.29 is 0 Å². The molecule has 0 amide bonds. The zero-order chi connectivity index (χ0) is 41.5. The lowest BCUT2D eigenvalue weighted by Gasteiger charge is -2.32. The molecule has 2 heteroatoms. The van der Waals surface area contributed by atoms with E-state index in [9.17, 15) is 0 Å². The molecular formula is C61H39NS. The Morgan fingerprint density at radius 2 is 0.778 bits per heavy atom. The first-order valence-electron chi connectivity index (χ1n) is 21.8. The maximum atomic E-state index is 2.56. The molecule has 13 rings (SSSR count). The fourth-order valence-corrected chi connectivity index (χ4v) is 12.1. The molecule has 10 aromatic carbocycles. The Morgan fingerprint density at radius 3 is 1.49 bits per heavy atom. The van der Waals surface area contributed by atoms with Crippen LogP contribution in [0.5, 0.6) is 0 Å². The molecule has 0 unspecified atom stereocenters. The molecule has 63 heavy (non-hydrogen) atoms. The highest BCUT2D eigenvalue weighted by Crippen LogP contribution is 2.65. The van der Waals surface area contributed by atoms with Crippen LogP contribution in [0.3, 0.4) is 0 Å². The average Bonchev–Trinajstić information content (AvgIpc) is 3.99. The Kier molecular flexibility index (Phi) is 8.06. The third-order valence-corrected chi connectivity index (χ3v) is 14.7. The van der Waals surface area contributed by atoms with Gasteiger partial charge in [0.1, 0.15) is 0 Å². The first kappa shape index (κ1) is 35.9. The summed E-state index contributed by atoms with van der Waals surface area (Å²) in [6, 6.07) is 87.8. The van der Waals surface area contributed by atoms with Crippen molar-refractivity contribution in [3.63, 3.8) is 0 Å². The number of para-hydroxylation sites is 1. The minimum absolute atomic E-state index is 0.455. The number of nitrogens with zero attached hydrogens (tertiary/aromatic N) is 1. The molecule has 2 aliphatic rings. The van der Waals surface area contributed by atoms with Crippen molar-refractivity contribution in [2.45, 2.75) is 5.41 Å². The zero-order valence-corrected chi connectivity index (χ0v) is 35.2. The van der Waals surface area contributed by atoms with Crippen LogP contribution in [0.2, 0.25) is 0 Å². The van der Waals surface area contributed by atoms with Crippen LogP contribution in [-0.4, -0.2) is 0 Å². The van der Waals surface area contributed by atoms with Crippen molar-refractivity contribution in [2.24, 2.45) is 0 Å². The van der Waals surface area contributed by atoms with E-state index in [4.69, 9.17) is 0 Å². The van der Waals surface area contributed by atoms with E-state index in [1.165, 1.54) is 98.1 Å².